The highest BCUT2D eigenvalue weighted by atomic mass is 32.1. The molecule has 16 heavy (non-hydrogen) atoms. The van der Waals surface area contributed by atoms with Crippen LogP contribution in [0.25, 0.3) is 10.2 Å². The van der Waals surface area contributed by atoms with Crippen LogP contribution in [-0.4, -0.2) is 18.6 Å². The summed E-state index contributed by atoms with van der Waals surface area (Å²) in [5.41, 5.74) is 1.03. The van der Waals surface area contributed by atoms with E-state index in [0.717, 1.165) is 27.6 Å². The molecular formula is C12H16N2OS. The molecule has 2 aromatic rings. The molecule has 1 N–H and O–H groups in total. The Morgan fingerprint density at radius 1 is 1.44 bits per heavy atom. The Hall–Kier alpha value is -1.29. The highest BCUT2D eigenvalue weighted by Gasteiger charge is 2.04. The molecule has 0 aliphatic carbocycles. The summed E-state index contributed by atoms with van der Waals surface area (Å²) in [4.78, 5) is 4.51. The van der Waals surface area contributed by atoms with Gasteiger partial charge in [-0.05, 0) is 24.1 Å². The first-order chi connectivity index (χ1) is 7.69. The topological polar surface area (TPSA) is 34.1 Å². The van der Waals surface area contributed by atoms with Crippen LogP contribution in [-0.2, 0) is 0 Å². The Morgan fingerprint density at radius 2 is 2.25 bits per heavy atom. The molecule has 0 radical (unpaired) electrons. The van der Waals surface area contributed by atoms with Gasteiger partial charge in [0.05, 0.1) is 17.3 Å². The van der Waals surface area contributed by atoms with Gasteiger partial charge in [-0.2, -0.15) is 0 Å². The van der Waals surface area contributed by atoms with Crippen molar-refractivity contribution in [3.05, 3.63) is 18.2 Å². The van der Waals surface area contributed by atoms with E-state index in [-0.39, 0.29) is 0 Å². The van der Waals surface area contributed by atoms with Gasteiger partial charge in [-0.3, -0.25) is 0 Å². The molecule has 0 spiro atoms. The van der Waals surface area contributed by atoms with E-state index in [1.54, 1.807) is 18.4 Å². The van der Waals surface area contributed by atoms with Crippen LogP contribution < -0.4 is 10.1 Å². The molecule has 0 saturated carbocycles. The van der Waals surface area contributed by atoms with E-state index in [1.165, 1.54) is 0 Å². The molecule has 0 aliphatic rings. The predicted octanol–water partition coefficient (Wildman–Crippen LogP) is 3.37. The van der Waals surface area contributed by atoms with Gasteiger partial charge in [0.25, 0.3) is 0 Å². The maximum Gasteiger partial charge on any atom is 0.183 e. The number of rotatable bonds is 4. The largest absolute Gasteiger partial charge is 0.497 e. The zero-order chi connectivity index (χ0) is 11.5. The molecule has 0 unspecified atom stereocenters. The van der Waals surface area contributed by atoms with Crippen LogP contribution in [0.3, 0.4) is 0 Å². The van der Waals surface area contributed by atoms with Gasteiger partial charge < -0.3 is 10.1 Å². The van der Waals surface area contributed by atoms with Crippen molar-refractivity contribution >= 4 is 26.7 Å². The lowest BCUT2D eigenvalue weighted by atomic mass is 10.2. The molecule has 1 aromatic heterocycles. The lowest BCUT2D eigenvalue weighted by molar-refractivity contribution is 0.415. The van der Waals surface area contributed by atoms with Gasteiger partial charge in [0, 0.05) is 6.54 Å². The zero-order valence-electron chi connectivity index (χ0n) is 9.78. The molecule has 0 amide bonds. The van der Waals surface area contributed by atoms with Crippen molar-refractivity contribution in [2.75, 3.05) is 19.0 Å². The summed E-state index contributed by atoms with van der Waals surface area (Å²) in [7, 11) is 1.68. The number of hydrogen-bond donors (Lipinski definition) is 1. The van der Waals surface area contributed by atoms with Crippen molar-refractivity contribution in [3.8, 4) is 5.75 Å². The number of nitrogens with zero attached hydrogens (tertiary/aromatic N) is 1. The summed E-state index contributed by atoms with van der Waals surface area (Å²) < 4.78 is 6.35. The molecule has 86 valence electrons. The smallest absolute Gasteiger partial charge is 0.183 e. The zero-order valence-corrected chi connectivity index (χ0v) is 10.6. The van der Waals surface area contributed by atoms with Crippen LogP contribution in [0.5, 0.6) is 5.75 Å². The highest BCUT2D eigenvalue weighted by Crippen LogP contribution is 2.29. The normalized spacial score (nSPS) is 11.0. The van der Waals surface area contributed by atoms with E-state index in [9.17, 15) is 0 Å². The van der Waals surface area contributed by atoms with Crippen LogP contribution in [0, 0.1) is 5.92 Å². The summed E-state index contributed by atoms with van der Waals surface area (Å²) >= 11 is 1.67. The van der Waals surface area contributed by atoms with Crippen molar-refractivity contribution in [1.29, 1.82) is 0 Å². The second-order valence-electron chi connectivity index (χ2n) is 4.13. The SMILES string of the molecule is COc1ccc2nc(NCC(C)C)sc2c1. The van der Waals surface area contributed by atoms with Gasteiger partial charge in [-0.1, -0.05) is 25.2 Å². The van der Waals surface area contributed by atoms with Crippen LogP contribution >= 0.6 is 11.3 Å². The summed E-state index contributed by atoms with van der Waals surface area (Å²) in [6.45, 7) is 5.32. The van der Waals surface area contributed by atoms with Gasteiger partial charge >= 0.3 is 0 Å². The Balaban J connectivity index is 2.22. The first kappa shape index (κ1) is 11.2. The number of ether oxygens (including phenoxy) is 1. The average Bonchev–Trinajstić information content (AvgIpc) is 2.67. The summed E-state index contributed by atoms with van der Waals surface area (Å²) in [6.07, 6.45) is 0. The number of nitrogens with one attached hydrogen (secondary N) is 1. The molecular weight excluding hydrogens is 220 g/mol. The predicted molar refractivity (Wildman–Crippen MR) is 69.5 cm³/mol. The lowest BCUT2D eigenvalue weighted by Crippen LogP contribution is -2.07. The Morgan fingerprint density at radius 3 is 2.94 bits per heavy atom. The molecule has 3 nitrogen and oxygen atoms in total. The molecule has 0 fully saturated rings. The number of thiazole rings is 1. The fourth-order valence-corrected chi connectivity index (χ4v) is 2.30. The minimum atomic E-state index is 0.626. The second kappa shape index (κ2) is 4.70. The summed E-state index contributed by atoms with van der Waals surface area (Å²) in [5.74, 6) is 1.51. The molecule has 0 aliphatic heterocycles. The van der Waals surface area contributed by atoms with Crippen molar-refractivity contribution in [2.24, 2.45) is 5.92 Å². The number of hydrogen-bond acceptors (Lipinski definition) is 4. The molecule has 2 rings (SSSR count). The van der Waals surface area contributed by atoms with E-state index in [2.05, 4.69) is 24.1 Å². The highest BCUT2D eigenvalue weighted by molar-refractivity contribution is 7.22. The second-order valence-corrected chi connectivity index (χ2v) is 5.16. The van der Waals surface area contributed by atoms with Crippen molar-refractivity contribution in [1.82, 2.24) is 4.98 Å². The van der Waals surface area contributed by atoms with E-state index in [0.29, 0.717) is 5.92 Å². The standard InChI is InChI=1S/C12H16N2OS/c1-8(2)7-13-12-14-10-5-4-9(15-3)6-11(10)16-12/h4-6,8H,7H2,1-3H3,(H,13,14). The van der Waals surface area contributed by atoms with Crippen molar-refractivity contribution in [2.45, 2.75) is 13.8 Å². The van der Waals surface area contributed by atoms with Gasteiger partial charge in [-0.25, -0.2) is 4.98 Å². The molecule has 1 heterocycles. The average molecular weight is 236 g/mol. The van der Waals surface area contributed by atoms with Crippen molar-refractivity contribution < 1.29 is 4.74 Å². The molecule has 4 heteroatoms. The Bertz CT molecular complexity index is 479. The summed E-state index contributed by atoms with van der Waals surface area (Å²) in [5, 5.41) is 4.32. The van der Waals surface area contributed by atoms with E-state index >= 15 is 0 Å². The number of anilines is 1. The number of benzene rings is 1. The monoisotopic (exact) mass is 236 g/mol. The van der Waals surface area contributed by atoms with Crippen LogP contribution in [0.15, 0.2) is 18.2 Å². The van der Waals surface area contributed by atoms with E-state index in [4.69, 9.17) is 4.74 Å². The molecule has 0 saturated heterocycles. The third-order valence-electron chi connectivity index (χ3n) is 2.26. The van der Waals surface area contributed by atoms with Gasteiger partial charge in [0.2, 0.25) is 0 Å². The Labute approximate surface area is 99.5 Å². The van der Waals surface area contributed by atoms with Gasteiger partial charge in [0.15, 0.2) is 5.13 Å². The first-order valence-electron chi connectivity index (χ1n) is 5.37. The number of methoxy groups -OCH3 is 1. The lowest BCUT2D eigenvalue weighted by Gasteiger charge is -2.03. The summed E-state index contributed by atoms with van der Waals surface area (Å²) in [6, 6.07) is 5.95. The number of aromatic nitrogens is 1. The third-order valence-corrected chi connectivity index (χ3v) is 3.23. The van der Waals surface area contributed by atoms with E-state index in [1.807, 2.05) is 18.2 Å². The fourth-order valence-electron chi connectivity index (χ4n) is 1.40. The Kier molecular flexibility index (Phi) is 3.29. The fraction of sp³-hybridized carbons (Fsp3) is 0.417. The van der Waals surface area contributed by atoms with E-state index < -0.39 is 0 Å². The maximum absolute atomic E-state index is 5.19. The quantitative estimate of drug-likeness (QED) is 0.883. The number of fused-ring (bicyclic) bond motifs is 1. The third kappa shape index (κ3) is 2.44. The first-order valence-corrected chi connectivity index (χ1v) is 6.19. The van der Waals surface area contributed by atoms with Crippen LogP contribution in [0.2, 0.25) is 0 Å². The van der Waals surface area contributed by atoms with Gasteiger partial charge in [0.1, 0.15) is 5.75 Å². The minimum Gasteiger partial charge on any atom is -0.497 e. The van der Waals surface area contributed by atoms with Crippen LogP contribution in [0.4, 0.5) is 5.13 Å². The minimum absolute atomic E-state index is 0.626. The molecule has 0 atom stereocenters. The van der Waals surface area contributed by atoms with Crippen LogP contribution in [0.1, 0.15) is 13.8 Å². The van der Waals surface area contributed by atoms with Gasteiger partial charge in [-0.15, -0.1) is 0 Å². The molecule has 1 aromatic carbocycles. The van der Waals surface area contributed by atoms with Crippen molar-refractivity contribution in [3.63, 3.8) is 0 Å². The maximum atomic E-state index is 5.19. The molecule has 0 bridgehead atoms.